The van der Waals surface area contributed by atoms with Gasteiger partial charge in [0.1, 0.15) is 19.3 Å². The lowest BCUT2D eigenvalue weighted by Gasteiger charge is -2.11. The normalized spacial score (nSPS) is 11.5. The van der Waals surface area contributed by atoms with Gasteiger partial charge in [-0.15, -0.1) is 0 Å². The standard InChI is InChI=1S/C11H20O5S.CH4/c1-4-17-6-5-15-16-8-10(12)7-14-11(13)9(2)3;/h10,12H,2,4-8H2,1,3H3;1H4. The molecule has 18 heavy (non-hydrogen) atoms. The Morgan fingerprint density at radius 1 is 1.39 bits per heavy atom. The fourth-order valence-electron chi connectivity index (χ4n) is 0.766. The van der Waals surface area contributed by atoms with Gasteiger partial charge in [0, 0.05) is 11.3 Å². The molecule has 0 aromatic heterocycles. The molecule has 0 bridgehead atoms. The van der Waals surface area contributed by atoms with Gasteiger partial charge in [0.15, 0.2) is 0 Å². The van der Waals surface area contributed by atoms with Gasteiger partial charge < -0.3 is 9.84 Å². The summed E-state index contributed by atoms with van der Waals surface area (Å²) in [6.45, 7) is 7.34. The van der Waals surface area contributed by atoms with Gasteiger partial charge in [-0.3, -0.25) is 0 Å². The summed E-state index contributed by atoms with van der Waals surface area (Å²) in [4.78, 5) is 20.6. The Kier molecular flexibility index (Phi) is 14.2. The molecule has 0 aromatic carbocycles. The molecule has 0 radical (unpaired) electrons. The Bertz CT molecular complexity index is 233. The summed E-state index contributed by atoms with van der Waals surface area (Å²) in [5.41, 5.74) is 0.297. The number of hydrogen-bond donors (Lipinski definition) is 1. The number of carbonyl (C=O) groups is 1. The maximum absolute atomic E-state index is 11.0. The lowest BCUT2D eigenvalue weighted by atomic mass is 10.3. The highest BCUT2D eigenvalue weighted by molar-refractivity contribution is 7.99. The molecule has 0 saturated heterocycles. The van der Waals surface area contributed by atoms with E-state index in [1.165, 1.54) is 0 Å². The van der Waals surface area contributed by atoms with Gasteiger partial charge in [0.25, 0.3) is 0 Å². The number of carbonyl (C=O) groups excluding carboxylic acids is 1. The Morgan fingerprint density at radius 3 is 2.61 bits per heavy atom. The van der Waals surface area contributed by atoms with Crippen LogP contribution in [0.3, 0.4) is 0 Å². The molecule has 6 heteroatoms. The van der Waals surface area contributed by atoms with E-state index in [0.717, 1.165) is 11.5 Å². The van der Waals surface area contributed by atoms with E-state index in [1.54, 1.807) is 18.7 Å². The van der Waals surface area contributed by atoms with Crippen LogP contribution >= 0.6 is 11.8 Å². The van der Waals surface area contributed by atoms with Crippen LogP contribution in [0.4, 0.5) is 0 Å². The maximum Gasteiger partial charge on any atom is 0.333 e. The van der Waals surface area contributed by atoms with Gasteiger partial charge in [-0.25, -0.2) is 14.6 Å². The average molecular weight is 280 g/mol. The molecule has 5 nitrogen and oxygen atoms in total. The van der Waals surface area contributed by atoms with Gasteiger partial charge >= 0.3 is 5.97 Å². The first-order chi connectivity index (χ1) is 8.07. The minimum atomic E-state index is -0.892. The predicted molar refractivity (Wildman–Crippen MR) is 73.4 cm³/mol. The van der Waals surface area contributed by atoms with Crippen molar-refractivity contribution in [2.45, 2.75) is 27.4 Å². The van der Waals surface area contributed by atoms with E-state index in [-0.39, 0.29) is 20.6 Å². The monoisotopic (exact) mass is 280 g/mol. The number of ether oxygens (including phenoxy) is 1. The van der Waals surface area contributed by atoms with Crippen LogP contribution < -0.4 is 0 Å². The number of aliphatic hydroxyl groups is 1. The third kappa shape index (κ3) is 11.9. The molecule has 1 atom stereocenters. The number of rotatable bonds is 10. The van der Waals surface area contributed by atoms with Gasteiger partial charge in [0.2, 0.25) is 0 Å². The topological polar surface area (TPSA) is 65.0 Å². The summed E-state index contributed by atoms with van der Waals surface area (Å²) < 4.78 is 4.73. The summed E-state index contributed by atoms with van der Waals surface area (Å²) in [5, 5.41) is 9.37. The second-order valence-corrected chi connectivity index (χ2v) is 4.73. The molecular formula is C12H24O5S. The quantitative estimate of drug-likeness (QED) is 0.216. The molecule has 0 aliphatic heterocycles. The Balaban J connectivity index is 0. The number of aliphatic hydroxyl groups excluding tert-OH is 1. The highest BCUT2D eigenvalue weighted by Crippen LogP contribution is 1.98. The third-order valence-corrected chi connectivity index (χ3v) is 2.48. The molecule has 0 rings (SSSR count). The van der Waals surface area contributed by atoms with E-state index < -0.39 is 12.1 Å². The van der Waals surface area contributed by atoms with Crippen molar-refractivity contribution >= 4 is 17.7 Å². The summed E-state index contributed by atoms with van der Waals surface area (Å²) in [6.07, 6.45) is -0.892. The fraction of sp³-hybridized carbons (Fsp3) is 0.750. The second kappa shape index (κ2) is 12.9. The molecule has 0 aliphatic carbocycles. The fourth-order valence-corrected chi connectivity index (χ4v) is 1.24. The summed E-state index contributed by atoms with van der Waals surface area (Å²) >= 11 is 1.74. The SMILES string of the molecule is C.C=C(C)C(=O)OCC(O)COOCCSCC. The number of hydrogen-bond acceptors (Lipinski definition) is 6. The minimum absolute atomic E-state index is 0. The molecule has 1 N–H and O–H groups in total. The molecule has 0 aliphatic rings. The van der Waals surface area contributed by atoms with Gasteiger partial charge in [-0.1, -0.05) is 20.9 Å². The Labute approximate surface area is 113 Å². The summed E-state index contributed by atoms with van der Waals surface area (Å²) in [5.74, 6) is 1.35. The van der Waals surface area contributed by atoms with Crippen molar-refractivity contribution in [1.29, 1.82) is 0 Å². The van der Waals surface area contributed by atoms with E-state index >= 15 is 0 Å². The molecule has 0 saturated carbocycles. The second-order valence-electron chi connectivity index (χ2n) is 3.34. The first-order valence-corrected chi connectivity index (χ1v) is 6.56. The van der Waals surface area contributed by atoms with Crippen LogP contribution in [0.2, 0.25) is 0 Å². The molecule has 0 aromatic rings. The van der Waals surface area contributed by atoms with Crippen LogP contribution in [0.15, 0.2) is 12.2 Å². The highest BCUT2D eigenvalue weighted by Gasteiger charge is 2.09. The molecule has 1 unspecified atom stereocenters. The third-order valence-electron chi connectivity index (χ3n) is 1.61. The van der Waals surface area contributed by atoms with Crippen molar-refractivity contribution in [2.24, 2.45) is 0 Å². The van der Waals surface area contributed by atoms with E-state index in [2.05, 4.69) is 13.5 Å². The van der Waals surface area contributed by atoms with Crippen LogP contribution in [0.5, 0.6) is 0 Å². The van der Waals surface area contributed by atoms with Crippen molar-refractivity contribution in [3.05, 3.63) is 12.2 Å². The predicted octanol–water partition coefficient (Wildman–Crippen LogP) is 1.80. The van der Waals surface area contributed by atoms with Gasteiger partial charge in [0.05, 0.1) is 6.61 Å². The van der Waals surface area contributed by atoms with Crippen molar-refractivity contribution in [3.8, 4) is 0 Å². The summed E-state index contributed by atoms with van der Waals surface area (Å²) in [7, 11) is 0. The first-order valence-electron chi connectivity index (χ1n) is 5.40. The zero-order valence-corrected chi connectivity index (χ0v) is 11.1. The van der Waals surface area contributed by atoms with Crippen LogP contribution in [-0.4, -0.2) is 48.5 Å². The largest absolute Gasteiger partial charge is 0.460 e. The Hall–Kier alpha value is -0.560. The maximum atomic E-state index is 11.0. The van der Waals surface area contributed by atoms with Crippen LogP contribution in [0.25, 0.3) is 0 Å². The molecule has 108 valence electrons. The van der Waals surface area contributed by atoms with Gasteiger partial charge in [-0.05, 0) is 12.7 Å². The van der Waals surface area contributed by atoms with Gasteiger partial charge in [-0.2, -0.15) is 11.8 Å². The average Bonchev–Trinajstić information content (AvgIpc) is 2.30. The lowest BCUT2D eigenvalue weighted by molar-refractivity contribution is -0.302. The summed E-state index contributed by atoms with van der Waals surface area (Å²) in [6, 6.07) is 0. The van der Waals surface area contributed by atoms with E-state index in [9.17, 15) is 9.90 Å². The molecular weight excluding hydrogens is 256 g/mol. The van der Waals surface area contributed by atoms with Crippen molar-refractivity contribution in [3.63, 3.8) is 0 Å². The first kappa shape index (κ1) is 19.8. The number of esters is 1. The number of thioether (sulfide) groups is 1. The zero-order chi connectivity index (χ0) is 13.1. The van der Waals surface area contributed by atoms with Crippen molar-refractivity contribution in [2.75, 3.05) is 31.3 Å². The lowest BCUT2D eigenvalue weighted by Crippen LogP contribution is -2.24. The van der Waals surface area contributed by atoms with Crippen molar-refractivity contribution < 1.29 is 24.4 Å². The van der Waals surface area contributed by atoms with E-state index in [1.807, 2.05) is 0 Å². The molecule has 0 heterocycles. The van der Waals surface area contributed by atoms with E-state index in [4.69, 9.17) is 14.5 Å². The molecule has 0 fully saturated rings. The van der Waals surface area contributed by atoms with Crippen molar-refractivity contribution in [1.82, 2.24) is 0 Å². The molecule has 0 spiro atoms. The Morgan fingerprint density at radius 2 is 2.06 bits per heavy atom. The van der Waals surface area contributed by atoms with Crippen LogP contribution in [-0.2, 0) is 19.3 Å². The smallest absolute Gasteiger partial charge is 0.333 e. The van der Waals surface area contributed by atoms with Crippen LogP contribution in [0.1, 0.15) is 21.3 Å². The zero-order valence-electron chi connectivity index (χ0n) is 10.3. The van der Waals surface area contributed by atoms with E-state index in [0.29, 0.717) is 12.2 Å². The molecule has 0 amide bonds. The highest BCUT2D eigenvalue weighted by atomic mass is 32.2. The minimum Gasteiger partial charge on any atom is -0.460 e. The van der Waals surface area contributed by atoms with Crippen LogP contribution in [0, 0.1) is 0 Å².